The van der Waals surface area contributed by atoms with Gasteiger partial charge in [-0.2, -0.15) is 0 Å². The van der Waals surface area contributed by atoms with Crippen LogP contribution in [0.25, 0.3) is 11.3 Å². The van der Waals surface area contributed by atoms with Crippen molar-refractivity contribution in [1.29, 1.82) is 0 Å². The summed E-state index contributed by atoms with van der Waals surface area (Å²) in [6.07, 6.45) is 1.06. The fraction of sp³-hybridized carbons (Fsp3) is 0.353. The zero-order valence-corrected chi connectivity index (χ0v) is 12.3. The molecule has 1 amide bonds. The van der Waals surface area contributed by atoms with E-state index in [0.29, 0.717) is 12.8 Å². The highest BCUT2D eigenvalue weighted by atomic mass is 16.3. The number of hydrogen-bond donors (Lipinski definition) is 1. The topological polar surface area (TPSA) is 42.2 Å². The van der Waals surface area contributed by atoms with Crippen molar-refractivity contribution in [2.24, 2.45) is 0 Å². The van der Waals surface area contributed by atoms with Gasteiger partial charge in [-0.3, -0.25) is 4.79 Å². The number of benzene rings is 1. The van der Waals surface area contributed by atoms with Crippen molar-refractivity contribution in [2.75, 3.05) is 0 Å². The maximum atomic E-state index is 11.8. The number of carbonyl (C=O) groups is 1. The zero-order chi connectivity index (χ0) is 14.6. The maximum Gasteiger partial charge on any atom is 0.220 e. The van der Waals surface area contributed by atoms with E-state index in [9.17, 15) is 4.79 Å². The highest BCUT2D eigenvalue weighted by molar-refractivity contribution is 5.76. The predicted molar refractivity (Wildman–Crippen MR) is 80.4 cm³/mol. The van der Waals surface area contributed by atoms with Crippen LogP contribution in [0.4, 0.5) is 0 Å². The summed E-state index contributed by atoms with van der Waals surface area (Å²) in [5.41, 5.74) is 0.869. The molecule has 0 saturated carbocycles. The Morgan fingerprint density at radius 2 is 1.80 bits per heavy atom. The van der Waals surface area contributed by atoms with Crippen LogP contribution in [0.5, 0.6) is 0 Å². The molecule has 0 atom stereocenters. The molecular weight excluding hydrogens is 250 g/mol. The Hall–Kier alpha value is -2.03. The molecule has 1 N–H and O–H groups in total. The molecule has 0 fully saturated rings. The van der Waals surface area contributed by atoms with Gasteiger partial charge < -0.3 is 9.73 Å². The van der Waals surface area contributed by atoms with Gasteiger partial charge in [-0.25, -0.2) is 0 Å². The van der Waals surface area contributed by atoms with E-state index in [1.54, 1.807) is 0 Å². The van der Waals surface area contributed by atoms with Gasteiger partial charge in [0, 0.05) is 23.9 Å². The van der Waals surface area contributed by atoms with E-state index in [-0.39, 0.29) is 11.4 Å². The van der Waals surface area contributed by atoms with Gasteiger partial charge >= 0.3 is 0 Å². The molecule has 106 valence electrons. The molecule has 0 radical (unpaired) electrons. The van der Waals surface area contributed by atoms with E-state index in [0.717, 1.165) is 17.1 Å². The van der Waals surface area contributed by atoms with Crippen molar-refractivity contribution in [3.63, 3.8) is 0 Å². The Kier molecular flexibility index (Phi) is 4.28. The molecule has 0 unspecified atom stereocenters. The molecule has 0 aliphatic carbocycles. The summed E-state index contributed by atoms with van der Waals surface area (Å²) in [7, 11) is 0. The second-order valence-corrected chi connectivity index (χ2v) is 5.93. The Morgan fingerprint density at radius 3 is 2.45 bits per heavy atom. The van der Waals surface area contributed by atoms with Crippen LogP contribution in [-0.4, -0.2) is 11.4 Å². The van der Waals surface area contributed by atoms with Crippen molar-refractivity contribution >= 4 is 5.91 Å². The normalized spacial score (nSPS) is 11.3. The van der Waals surface area contributed by atoms with Gasteiger partial charge in [0.15, 0.2) is 0 Å². The first kappa shape index (κ1) is 14.4. The minimum absolute atomic E-state index is 0.0511. The highest BCUT2D eigenvalue weighted by Gasteiger charge is 2.14. The summed E-state index contributed by atoms with van der Waals surface area (Å²) in [4.78, 5) is 11.8. The van der Waals surface area contributed by atoms with Crippen molar-refractivity contribution in [3.8, 4) is 11.3 Å². The molecule has 0 aliphatic rings. The van der Waals surface area contributed by atoms with Crippen LogP contribution >= 0.6 is 0 Å². The summed E-state index contributed by atoms with van der Waals surface area (Å²) in [6.45, 7) is 5.93. The van der Waals surface area contributed by atoms with Crippen LogP contribution in [0.2, 0.25) is 0 Å². The second-order valence-electron chi connectivity index (χ2n) is 5.93. The van der Waals surface area contributed by atoms with E-state index in [1.807, 2.05) is 63.2 Å². The van der Waals surface area contributed by atoms with Crippen molar-refractivity contribution < 1.29 is 9.21 Å². The lowest BCUT2D eigenvalue weighted by atomic mass is 10.1. The Labute approximate surface area is 120 Å². The Bertz CT molecular complexity index is 564. The van der Waals surface area contributed by atoms with Crippen molar-refractivity contribution in [3.05, 3.63) is 48.2 Å². The Morgan fingerprint density at radius 1 is 1.10 bits per heavy atom. The maximum absolute atomic E-state index is 11.8. The molecule has 20 heavy (non-hydrogen) atoms. The Balaban J connectivity index is 1.92. The highest BCUT2D eigenvalue weighted by Crippen LogP contribution is 2.22. The third-order valence-electron chi connectivity index (χ3n) is 2.83. The fourth-order valence-electron chi connectivity index (χ4n) is 1.99. The van der Waals surface area contributed by atoms with Gasteiger partial charge in [-0.1, -0.05) is 30.3 Å². The van der Waals surface area contributed by atoms with Gasteiger partial charge in [0.25, 0.3) is 0 Å². The zero-order valence-electron chi connectivity index (χ0n) is 12.3. The van der Waals surface area contributed by atoms with Gasteiger partial charge in [-0.05, 0) is 32.9 Å². The second kappa shape index (κ2) is 5.95. The van der Waals surface area contributed by atoms with Crippen LogP contribution in [-0.2, 0) is 11.2 Å². The largest absolute Gasteiger partial charge is 0.461 e. The molecule has 2 rings (SSSR count). The van der Waals surface area contributed by atoms with Gasteiger partial charge in [0.2, 0.25) is 5.91 Å². The SMILES string of the molecule is CC(C)(C)NC(=O)CCc1ccc(-c2ccccc2)o1. The first-order valence-electron chi connectivity index (χ1n) is 6.89. The average molecular weight is 271 g/mol. The molecular formula is C17H21NO2. The van der Waals surface area contributed by atoms with Crippen LogP contribution < -0.4 is 5.32 Å². The monoisotopic (exact) mass is 271 g/mol. The lowest BCUT2D eigenvalue weighted by Gasteiger charge is -2.20. The molecule has 0 spiro atoms. The number of nitrogens with one attached hydrogen (secondary N) is 1. The average Bonchev–Trinajstić information content (AvgIpc) is 2.84. The minimum Gasteiger partial charge on any atom is -0.461 e. The summed E-state index contributed by atoms with van der Waals surface area (Å²) in [6, 6.07) is 13.8. The summed E-state index contributed by atoms with van der Waals surface area (Å²) in [5, 5.41) is 2.95. The molecule has 3 nitrogen and oxygen atoms in total. The molecule has 1 aromatic carbocycles. The van der Waals surface area contributed by atoms with Crippen molar-refractivity contribution in [1.82, 2.24) is 5.32 Å². The molecule has 0 bridgehead atoms. The van der Waals surface area contributed by atoms with E-state index in [1.165, 1.54) is 0 Å². The fourth-order valence-corrected chi connectivity index (χ4v) is 1.99. The molecule has 1 heterocycles. The van der Waals surface area contributed by atoms with Gasteiger partial charge in [-0.15, -0.1) is 0 Å². The number of rotatable bonds is 4. The molecule has 1 aromatic heterocycles. The number of carbonyl (C=O) groups excluding carboxylic acids is 1. The van der Waals surface area contributed by atoms with Crippen LogP contribution in [0.1, 0.15) is 33.0 Å². The minimum atomic E-state index is -0.185. The number of aryl methyl sites for hydroxylation is 1. The number of furan rings is 1. The molecule has 0 saturated heterocycles. The van der Waals surface area contributed by atoms with Crippen LogP contribution in [0.15, 0.2) is 46.9 Å². The lowest BCUT2D eigenvalue weighted by molar-refractivity contribution is -0.122. The van der Waals surface area contributed by atoms with E-state index >= 15 is 0 Å². The predicted octanol–water partition coefficient (Wildman–Crippen LogP) is 3.79. The van der Waals surface area contributed by atoms with E-state index < -0.39 is 0 Å². The quantitative estimate of drug-likeness (QED) is 0.919. The number of amides is 1. The lowest BCUT2D eigenvalue weighted by Crippen LogP contribution is -2.40. The third-order valence-corrected chi connectivity index (χ3v) is 2.83. The molecule has 3 heteroatoms. The van der Waals surface area contributed by atoms with Gasteiger partial charge in [0.1, 0.15) is 11.5 Å². The first-order chi connectivity index (χ1) is 9.44. The first-order valence-corrected chi connectivity index (χ1v) is 6.89. The van der Waals surface area contributed by atoms with E-state index in [2.05, 4.69) is 5.32 Å². The van der Waals surface area contributed by atoms with Gasteiger partial charge in [0.05, 0.1) is 0 Å². The van der Waals surface area contributed by atoms with Crippen LogP contribution in [0, 0.1) is 0 Å². The van der Waals surface area contributed by atoms with Crippen LogP contribution in [0.3, 0.4) is 0 Å². The summed E-state index contributed by atoms with van der Waals surface area (Å²) >= 11 is 0. The summed E-state index contributed by atoms with van der Waals surface area (Å²) < 4.78 is 5.77. The number of hydrogen-bond acceptors (Lipinski definition) is 2. The standard InChI is InChI=1S/C17H21NO2/c1-17(2,3)18-16(19)12-10-14-9-11-15(20-14)13-7-5-4-6-8-13/h4-9,11H,10,12H2,1-3H3,(H,18,19). The molecule has 0 aliphatic heterocycles. The third kappa shape index (κ3) is 4.26. The smallest absolute Gasteiger partial charge is 0.220 e. The molecule has 2 aromatic rings. The van der Waals surface area contributed by atoms with E-state index in [4.69, 9.17) is 4.42 Å². The summed E-state index contributed by atoms with van der Waals surface area (Å²) in [5.74, 6) is 1.74. The van der Waals surface area contributed by atoms with Crippen molar-refractivity contribution in [2.45, 2.75) is 39.2 Å².